The SMILES string of the molecule is COc1ccc(C2NC(=S)NC(C)=C2C(=O)OC(C)(C)C)c(OC)c1. The van der Waals surface area contributed by atoms with E-state index in [-0.39, 0.29) is 0 Å². The molecule has 2 rings (SSSR count). The highest BCUT2D eigenvalue weighted by atomic mass is 32.1. The van der Waals surface area contributed by atoms with Crippen molar-refractivity contribution in [1.29, 1.82) is 0 Å². The number of carbonyl (C=O) groups excluding carboxylic acids is 1. The number of hydrogen-bond acceptors (Lipinski definition) is 5. The Hall–Kier alpha value is -2.28. The van der Waals surface area contributed by atoms with Crippen LogP contribution >= 0.6 is 12.2 Å². The summed E-state index contributed by atoms with van der Waals surface area (Å²) in [5, 5.41) is 6.56. The number of benzene rings is 1. The van der Waals surface area contributed by atoms with E-state index in [1.807, 2.05) is 32.9 Å². The second-order valence-corrected chi connectivity index (χ2v) is 7.09. The molecule has 0 aromatic heterocycles. The van der Waals surface area contributed by atoms with Crippen molar-refractivity contribution in [3.8, 4) is 11.5 Å². The first-order valence-corrected chi connectivity index (χ1v) is 8.30. The molecule has 1 atom stereocenters. The molecule has 1 heterocycles. The Balaban J connectivity index is 2.51. The minimum atomic E-state index is -0.600. The van der Waals surface area contributed by atoms with Gasteiger partial charge in [0.1, 0.15) is 17.1 Å². The zero-order valence-corrected chi connectivity index (χ0v) is 16.2. The van der Waals surface area contributed by atoms with Gasteiger partial charge in [-0.15, -0.1) is 0 Å². The summed E-state index contributed by atoms with van der Waals surface area (Å²) in [5.41, 5.74) is 1.29. The fourth-order valence-electron chi connectivity index (χ4n) is 2.59. The monoisotopic (exact) mass is 364 g/mol. The molecule has 136 valence electrons. The average molecular weight is 364 g/mol. The summed E-state index contributed by atoms with van der Waals surface area (Å²) in [6.07, 6.45) is 0. The van der Waals surface area contributed by atoms with Crippen LogP contribution in [0.4, 0.5) is 0 Å². The molecule has 0 saturated heterocycles. The molecule has 0 fully saturated rings. The molecule has 1 aliphatic heterocycles. The number of nitrogens with one attached hydrogen (secondary N) is 2. The van der Waals surface area contributed by atoms with Gasteiger partial charge in [0.25, 0.3) is 0 Å². The smallest absolute Gasteiger partial charge is 0.338 e. The zero-order valence-electron chi connectivity index (χ0n) is 15.4. The van der Waals surface area contributed by atoms with E-state index in [0.717, 1.165) is 5.56 Å². The molecule has 0 amide bonds. The third-order valence-corrected chi connectivity index (χ3v) is 3.86. The van der Waals surface area contributed by atoms with Crippen molar-refractivity contribution in [1.82, 2.24) is 10.6 Å². The molecule has 1 aromatic rings. The Bertz CT molecular complexity index is 722. The predicted molar refractivity (Wildman–Crippen MR) is 99.7 cm³/mol. The number of thiocarbonyl (C=S) groups is 1. The van der Waals surface area contributed by atoms with Crippen LogP contribution in [0.1, 0.15) is 39.3 Å². The van der Waals surface area contributed by atoms with Crippen molar-refractivity contribution in [2.24, 2.45) is 0 Å². The van der Waals surface area contributed by atoms with Crippen LogP contribution in [0.5, 0.6) is 11.5 Å². The highest BCUT2D eigenvalue weighted by Gasteiger charge is 2.34. The lowest BCUT2D eigenvalue weighted by atomic mass is 9.94. The second kappa shape index (κ2) is 7.31. The van der Waals surface area contributed by atoms with Crippen molar-refractivity contribution in [2.45, 2.75) is 39.3 Å². The number of rotatable bonds is 4. The van der Waals surface area contributed by atoms with Crippen LogP contribution in [-0.4, -0.2) is 30.9 Å². The number of ether oxygens (including phenoxy) is 3. The van der Waals surface area contributed by atoms with Crippen molar-refractivity contribution in [3.63, 3.8) is 0 Å². The van der Waals surface area contributed by atoms with Crippen LogP contribution in [0.2, 0.25) is 0 Å². The average Bonchev–Trinajstić information content (AvgIpc) is 2.51. The van der Waals surface area contributed by atoms with Crippen LogP contribution in [0.15, 0.2) is 29.5 Å². The maximum atomic E-state index is 12.8. The van der Waals surface area contributed by atoms with Crippen LogP contribution in [0, 0.1) is 0 Å². The topological polar surface area (TPSA) is 68.8 Å². The number of carbonyl (C=O) groups is 1. The number of hydrogen-bond donors (Lipinski definition) is 2. The van der Waals surface area contributed by atoms with Crippen LogP contribution in [0.25, 0.3) is 0 Å². The molecule has 6 nitrogen and oxygen atoms in total. The van der Waals surface area contributed by atoms with Crippen molar-refractivity contribution >= 4 is 23.3 Å². The summed E-state index contributed by atoms with van der Waals surface area (Å²) in [6, 6.07) is 4.95. The third-order valence-electron chi connectivity index (χ3n) is 3.64. The quantitative estimate of drug-likeness (QED) is 0.629. The maximum absolute atomic E-state index is 12.8. The first kappa shape index (κ1) is 19.1. The van der Waals surface area contributed by atoms with Gasteiger partial charge < -0.3 is 24.8 Å². The molecule has 0 spiro atoms. The Morgan fingerprint density at radius 1 is 1.20 bits per heavy atom. The molecule has 0 aliphatic carbocycles. The number of esters is 1. The number of allylic oxidation sites excluding steroid dienone is 1. The van der Waals surface area contributed by atoms with E-state index in [2.05, 4.69) is 10.6 Å². The third kappa shape index (κ3) is 4.42. The van der Waals surface area contributed by atoms with Gasteiger partial charge in [0.15, 0.2) is 5.11 Å². The molecule has 0 radical (unpaired) electrons. The van der Waals surface area contributed by atoms with Crippen LogP contribution in [-0.2, 0) is 9.53 Å². The highest BCUT2D eigenvalue weighted by Crippen LogP contribution is 2.36. The van der Waals surface area contributed by atoms with Gasteiger partial charge in [-0.25, -0.2) is 4.79 Å². The molecule has 25 heavy (non-hydrogen) atoms. The predicted octanol–water partition coefficient (Wildman–Crippen LogP) is 2.84. The lowest BCUT2D eigenvalue weighted by molar-refractivity contribution is -0.150. The van der Waals surface area contributed by atoms with E-state index in [9.17, 15) is 4.79 Å². The van der Waals surface area contributed by atoms with Gasteiger partial charge >= 0.3 is 5.97 Å². The minimum absolute atomic E-state index is 0.407. The van der Waals surface area contributed by atoms with Crippen molar-refractivity contribution in [3.05, 3.63) is 35.0 Å². The summed E-state index contributed by atoms with van der Waals surface area (Å²) in [4.78, 5) is 12.8. The van der Waals surface area contributed by atoms with Crippen LogP contribution in [0.3, 0.4) is 0 Å². The fourth-order valence-corrected chi connectivity index (χ4v) is 2.86. The Labute approximate surface area is 153 Å². The second-order valence-electron chi connectivity index (χ2n) is 6.68. The molecule has 7 heteroatoms. The molecular formula is C18H24N2O4S. The van der Waals surface area contributed by atoms with Crippen LogP contribution < -0.4 is 20.1 Å². The fraction of sp³-hybridized carbons (Fsp3) is 0.444. The van der Waals surface area contributed by atoms with Gasteiger partial charge in [0, 0.05) is 17.3 Å². The molecule has 0 saturated carbocycles. The molecule has 0 bridgehead atoms. The van der Waals surface area contributed by atoms with Gasteiger partial charge in [-0.3, -0.25) is 0 Å². The van der Waals surface area contributed by atoms with Crippen molar-refractivity contribution in [2.75, 3.05) is 14.2 Å². The summed E-state index contributed by atoms with van der Waals surface area (Å²) in [6.45, 7) is 7.30. The zero-order chi connectivity index (χ0) is 18.8. The van der Waals surface area contributed by atoms with E-state index in [1.54, 1.807) is 27.2 Å². The first-order valence-electron chi connectivity index (χ1n) is 7.90. The Kier molecular flexibility index (Phi) is 5.57. The minimum Gasteiger partial charge on any atom is -0.497 e. The standard InChI is InChI=1S/C18H24N2O4S/c1-10-14(16(21)24-18(2,3)4)15(20-17(25)19-10)12-8-7-11(22-5)9-13(12)23-6/h7-9,15H,1-6H3,(H2,19,20,25). The molecule has 2 N–H and O–H groups in total. The van der Waals surface area contributed by atoms with Gasteiger partial charge in [-0.05, 0) is 52.0 Å². The van der Waals surface area contributed by atoms with Gasteiger partial charge in [0.2, 0.25) is 0 Å². The molecule has 1 unspecified atom stereocenters. The highest BCUT2D eigenvalue weighted by molar-refractivity contribution is 7.80. The van der Waals surface area contributed by atoms with Crippen molar-refractivity contribution < 1.29 is 19.0 Å². The molecule has 1 aliphatic rings. The lowest BCUT2D eigenvalue weighted by Gasteiger charge is -2.32. The van der Waals surface area contributed by atoms with Gasteiger partial charge in [-0.1, -0.05) is 0 Å². The largest absolute Gasteiger partial charge is 0.497 e. The van der Waals surface area contributed by atoms with E-state index < -0.39 is 17.6 Å². The molecule has 1 aromatic carbocycles. The normalized spacial score (nSPS) is 17.5. The molecular weight excluding hydrogens is 340 g/mol. The van der Waals surface area contributed by atoms with E-state index in [4.69, 9.17) is 26.4 Å². The first-order chi connectivity index (χ1) is 11.7. The maximum Gasteiger partial charge on any atom is 0.338 e. The van der Waals surface area contributed by atoms with Gasteiger partial charge in [-0.2, -0.15) is 0 Å². The summed E-state index contributed by atoms with van der Waals surface area (Å²) in [7, 11) is 3.16. The van der Waals surface area contributed by atoms with E-state index >= 15 is 0 Å². The Morgan fingerprint density at radius 2 is 1.88 bits per heavy atom. The van der Waals surface area contributed by atoms with E-state index in [1.165, 1.54) is 0 Å². The Morgan fingerprint density at radius 3 is 2.44 bits per heavy atom. The number of methoxy groups -OCH3 is 2. The summed E-state index contributed by atoms with van der Waals surface area (Å²) >= 11 is 5.26. The lowest BCUT2D eigenvalue weighted by Crippen LogP contribution is -2.46. The summed E-state index contributed by atoms with van der Waals surface area (Å²) in [5.74, 6) is 0.849. The van der Waals surface area contributed by atoms with E-state index in [0.29, 0.717) is 27.9 Å². The van der Waals surface area contributed by atoms with Gasteiger partial charge in [0.05, 0.1) is 25.8 Å². The summed E-state index contributed by atoms with van der Waals surface area (Å²) < 4.78 is 16.3.